The number of benzene rings is 3. The van der Waals surface area contributed by atoms with Gasteiger partial charge in [-0.25, -0.2) is 0 Å². The summed E-state index contributed by atoms with van der Waals surface area (Å²) < 4.78 is 37.0. The summed E-state index contributed by atoms with van der Waals surface area (Å²) in [5, 5.41) is 1.38. The molecule has 3 aromatic carbocycles. The van der Waals surface area contributed by atoms with Crippen LogP contribution in [-0.4, -0.2) is 32.0 Å². The fourth-order valence-electron chi connectivity index (χ4n) is 3.16. The van der Waals surface area contributed by atoms with Gasteiger partial charge in [0.1, 0.15) is 16.4 Å². The Bertz CT molecular complexity index is 1200. The molecule has 0 atom stereocenters. The van der Waals surface area contributed by atoms with Crippen LogP contribution in [0.3, 0.4) is 0 Å². The molecule has 0 spiro atoms. The fraction of sp³-hybridized carbons (Fsp3) is 0.190. The summed E-state index contributed by atoms with van der Waals surface area (Å²) in [7, 11) is -2.42. The first-order valence-electron chi connectivity index (χ1n) is 8.72. The lowest BCUT2D eigenvalue weighted by atomic mass is 10.1. The molecule has 7 heteroatoms. The van der Waals surface area contributed by atoms with Crippen LogP contribution in [0.5, 0.6) is 11.5 Å². The molecule has 3 aromatic rings. The molecule has 1 heterocycles. The first-order valence-corrected chi connectivity index (χ1v) is 10.1. The summed E-state index contributed by atoms with van der Waals surface area (Å²) >= 11 is 0. The molecule has 144 valence electrons. The van der Waals surface area contributed by atoms with Gasteiger partial charge in [-0.3, -0.25) is 4.79 Å². The summed E-state index contributed by atoms with van der Waals surface area (Å²) in [5.41, 5.74) is -0.492. The van der Waals surface area contributed by atoms with E-state index < -0.39 is 15.8 Å². The summed E-state index contributed by atoms with van der Waals surface area (Å²) in [6, 6.07) is 16.6. The molecule has 0 aromatic heterocycles. The van der Waals surface area contributed by atoms with Crippen molar-refractivity contribution in [1.82, 2.24) is 4.90 Å². The van der Waals surface area contributed by atoms with Crippen LogP contribution in [0.25, 0.3) is 10.8 Å². The summed E-state index contributed by atoms with van der Waals surface area (Å²) in [6.45, 7) is 3.52. The molecule has 0 unspecified atom stereocenters. The van der Waals surface area contributed by atoms with Crippen molar-refractivity contribution in [2.45, 2.75) is 24.5 Å². The average Bonchev–Trinajstić information content (AvgIpc) is 2.65. The Morgan fingerprint density at radius 1 is 1.00 bits per heavy atom. The summed E-state index contributed by atoms with van der Waals surface area (Å²) in [6.07, 6.45) is 0. The molecular weight excluding hydrogens is 378 g/mol. The van der Waals surface area contributed by atoms with Crippen molar-refractivity contribution in [3.63, 3.8) is 0 Å². The van der Waals surface area contributed by atoms with Crippen LogP contribution in [0.2, 0.25) is 0 Å². The molecule has 0 saturated heterocycles. The minimum atomic E-state index is -4.07. The predicted molar refractivity (Wildman–Crippen MR) is 105 cm³/mol. The van der Waals surface area contributed by atoms with Gasteiger partial charge in [0.15, 0.2) is 5.72 Å². The van der Waals surface area contributed by atoms with E-state index in [1.54, 1.807) is 39.1 Å². The van der Waals surface area contributed by atoms with Crippen LogP contribution in [0, 0.1) is 0 Å². The predicted octanol–water partition coefficient (Wildman–Crippen LogP) is 3.81. The molecule has 0 aliphatic carbocycles. The Morgan fingerprint density at radius 2 is 1.71 bits per heavy atom. The quantitative estimate of drug-likeness (QED) is 0.629. The molecule has 6 nitrogen and oxygen atoms in total. The van der Waals surface area contributed by atoms with E-state index in [4.69, 9.17) is 8.92 Å². The first kappa shape index (κ1) is 18.3. The lowest BCUT2D eigenvalue weighted by Gasteiger charge is -2.40. The Morgan fingerprint density at radius 3 is 2.50 bits per heavy atom. The van der Waals surface area contributed by atoms with Crippen molar-refractivity contribution in [3.8, 4) is 11.5 Å². The van der Waals surface area contributed by atoms with Gasteiger partial charge in [0.2, 0.25) is 0 Å². The minimum absolute atomic E-state index is 0.0832. The maximum Gasteiger partial charge on any atom is 0.339 e. The van der Waals surface area contributed by atoms with E-state index >= 15 is 0 Å². The van der Waals surface area contributed by atoms with Crippen LogP contribution in [-0.2, 0) is 10.1 Å². The fourth-order valence-corrected chi connectivity index (χ4v) is 4.31. The van der Waals surface area contributed by atoms with Crippen molar-refractivity contribution in [3.05, 3.63) is 66.2 Å². The van der Waals surface area contributed by atoms with E-state index in [0.717, 1.165) is 5.39 Å². The molecule has 0 radical (unpaired) electrons. The first-order chi connectivity index (χ1) is 13.2. The molecule has 0 saturated carbocycles. The van der Waals surface area contributed by atoms with Crippen molar-refractivity contribution in [2.24, 2.45) is 0 Å². The number of rotatable bonds is 3. The minimum Gasteiger partial charge on any atom is -0.468 e. The molecule has 0 fully saturated rings. The number of amides is 1. The zero-order valence-electron chi connectivity index (χ0n) is 15.7. The van der Waals surface area contributed by atoms with Gasteiger partial charge in [0, 0.05) is 18.5 Å². The summed E-state index contributed by atoms with van der Waals surface area (Å²) in [5.74, 6) is 0.174. The zero-order valence-corrected chi connectivity index (χ0v) is 16.5. The molecule has 28 heavy (non-hydrogen) atoms. The highest BCUT2D eigenvalue weighted by Crippen LogP contribution is 2.36. The standard InChI is InChI=1S/C21H19NO5S/c1-21(2)22(3)20(23)17-12-11-15(13-18(17)26-21)27-28(24,25)19-10-6-8-14-7-4-5-9-16(14)19/h4-13H,1-3H3. The van der Waals surface area contributed by atoms with E-state index in [1.807, 2.05) is 18.2 Å². The third-order valence-electron chi connectivity index (χ3n) is 4.88. The van der Waals surface area contributed by atoms with Gasteiger partial charge < -0.3 is 13.8 Å². The molecule has 1 aliphatic rings. The van der Waals surface area contributed by atoms with Crippen molar-refractivity contribution in [2.75, 3.05) is 7.05 Å². The highest BCUT2D eigenvalue weighted by molar-refractivity contribution is 7.87. The van der Waals surface area contributed by atoms with E-state index in [0.29, 0.717) is 16.7 Å². The van der Waals surface area contributed by atoms with Crippen molar-refractivity contribution in [1.29, 1.82) is 0 Å². The van der Waals surface area contributed by atoms with Crippen LogP contribution < -0.4 is 8.92 Å². The second-order valence-electron chi connectivity index (χ2n) is 7.09. The average molecular weight is 397 g/mol. The topological polar surface area (TPSA) is 72.9 Å². The van der Waals surface area contributed by atoms with Crippen LogP contribution >= 0.6 is 0 Å². The summed E-state index contributed by atoms with van der Waals surface area (Å²) in [4.78, 5) is 14.1. The van der Waals surface area contributed by atoms with Gasteiger partial charge in [-0.1, -0.05) is 36.4 Å². The Labute approximate surface area is 163 Å². The smallest absolute Gasteiger partial charge is 0.339 e. The SMILES string of the molecule is CN1C(=O)c2ccc(OS(=O)(=O)c3cccc4ccccc34)cc2OC1(C)C. The molecule has 4 rings (SSSR count). The number of hydrogen-bond acceptors (Lipinski definition) is 5. The number of carbonyl (C=O) groups is 1. The van der Waals surface area contributed by atoms with Crippen LogP contribution in [0.15, 0.2) is 65.6 Å². The number of nitrogens with zero attached hydrogens (tertiary/aromatic N) is 1. The van der Waals surface area contributed by atoms with E-state index in [9.17, 15) is 13.2 Å². The van der Waals surface area contributed by atoms with Crippen molar-refractivity contribution < 1.29 is 22.1 Å². The molecular formula is C21H19NO5S. The number of hydrogen-bond donors (Lipinski definition) is 0. The van der Waals surface area contributed by atoms with Gasteiger partial charge in [-0.15, -0.1) is 0 Å². The van der Waals surface area contributed by atoms with Gasteiger partial charge in [0.05, 0.1) is 5.56 Å². The van der Waals surface area contributed by atoms with E-state index in [1.165, 1.54) is 29.2 Å². The van der Waals surface area contributed by atoms with Gasteiger partial charge in [-0.2, -0.15) is 8.42 Å². The Hall–Kier alpha value is -3.06. The van der Waals surface area contributed by atoms with Gasteiger partial charge in [-0.05, 0) is 37.4 Å². The van der Waals surface area contributed by atoms with E-state index in [-0.39, 0.29) is 16.6 Å². The third-order valence-corrected chi connectivity index (χ3v) is 6.19. The number of fused-ring (bicyclic) bond motifs is 2. The number of ether oxygens (including phenoxy) is 1. The molecule has 1 aliphatic heterocycles. The molecule has 1 amide bonds. The Balaban J connectivity index is 1.73. The van der Waals surface area contributed by atoms with Crippen molar-refractivity contribution >= 4 is 26.8 Å². The Kier molecular flexibility index (Phi) is 4.08. The maximum atomic E-state index is 12.9. The lowest BCUT2D eigenvalue weighted by Crippen LogP contribution is -2.52. The monoisotopic (exact) mass is 397 g/mol. The molecule has 0 bridgehead atoms. The second kappa shape index (κ2) is 6.24. The van der Waals surface area contributed by atoms with Crippen LogP contribution in [0.4, 0.5) is 0 Å². The zero-order chi connectivity index (χ0) is 20.1. The highest BCUT2D eigenvalue weighted by Gasteiger charge is 2.37. The molecule has 0 N–H and O–H groups in total. The maximum absolute atomic E-state index is 12.9. The normalized spacial score (nSPS) is 15.8. The largest absolute Gasteiger partial charge is 0.468 e. The second-order valence-corrected chi connectivity index (χ2v) is 8.60. The highest BCUT2D eigenvalue weighted by atomic mass is 32.2. The number of carbonyl (C=O) groups excluding carboxylic acids is 1. The van der Waals surface area contributed by atoms with Crippen LogP contribution in [0.1, 0.15) is 24.2 Å². The van der Waals surface area contributed by atoms with E-state index in [2.05, 4.69) is 0 Å². The lowest BCUT2D eigenvalue weighted by molar-refractivity contribution is -0.0366. The van der Waals surface area contributed by atoms with Gasteiger partial charge >= 0.3 is 10.1 Å². The third kappa shape index (κ3) is 2.97. The van der Waals surface area contributed by atoms with Gasteiger partial charge in [0.25, 0.3) is 5.91 Å².